The number of nitrogens with zero attached hydrogens (tertiary/aromatic N) is 1. The Labute approximate surface area is 135 Å². The molecule has 0 saturated carbocycles. The fourth-order valence-corrected chi connectivity index (χ4v) is 3.85. The zero-order chi connectivity index (χ0) is 15.2. The van der Waals surface area contributed by atoms with Crippen LogP contribution in [0.5, 0.6) is 11.5 Å². The summed E-state index contributed by atoms with van der Waals surface area (Å²) in [6, 6.07) is 6.02. The van der Waals surface area contributed by atoms with E-state index in [2.05, 4.69) is 27.4 Å². The molecule has 0 aromatic heterocycles. The summed E-state index contributed by atoms with van der Waals surface area (Å²) < 4.78 is 10.7. The Morgan fingerprint density at radius 3 is 2.86 bits per heavy atom. The van der Waals surface area contributed by atoms with E-state index in [-0.39, 0.29) is 0 Å². The van der Waals surface area contributed by atoms with E-state index in [0.717, 1.165) is 42.0 Å². The van der Waals surface area contributed by atoms with Crippen LogP contribution in [-0.2, 0) is 6.54 Å². The van der Waals surface area contributed by atoms with Gasteiger partial charge in [-0.15, -0.1) is 0 Å². The summed E-state index contributed by atoms with van der Waals surface area (Å²) in [6.07, 6.45) is 2.60. The fourth-order valence-electron chi connectivity index (χ4n) is 2.65. The molecule has 22 heavy (non-hydrogen) atoms. The number of guanidine groups is 1. The van der Waals surface area contributed by atoms with Gasteiger partial charge in [0.2, 0.25) is 6.79 Å². The van der Waals surface area contributed by atoms with Crippen LogP contribution in [-0.4, -0.2) is 37.9 Å². The minimum atomic E-state index is 0.315. The Hall–Kier alpha value is -1.56. The monoisotopic (exact) mass is 321 g/mol. The Kier molecular flexibility index (Phi) is 5.32. The van der Waals surface area contributed by atoms with Gasteiger partial charge in [-0.3, -0.25) is 4.99 Å². The summed E-state index contributed by atoms with van der Waals surface area (Å²) in [4.78, 5) is 4.29. The predicted molar refractivity (Wildman–Crippen MR) is 90.8 cm³/mol. The average molecular weight is 321 g/mol. The Morgan fingerprint density at radius 1 is 1.23 bits per heavy atom. The molecule has 1 fully saturated rings. The minimum Gasteiger partial charge on any atom is -0.454 e. The van der Waals surface area contributed by atoms with Gasteiger partial charge in [0, 0.05) is 20.1 Å². The van der Waals surface area contributed by atoms with Crippen LogP contribution in [0.2, 0.25) is 0 Å². The average Bonchev–Trinajstić information content (AvgIpc) is 3.03. The molecule has 0 unspecified atom stereocenters. The highest BCUT2D eigenvalue weighted by molar-refractivity contribution is 7.99. The van der Waals surface area contributed by atoms with Gasteiger partial charge in [0.25, 0.3) is 0 Å². The lowest BCUT2D eigenvalue weighted by molar-refractivity contribution is 0.174. The molecule has 6 heteroatoms. The van der Waals surface area contributed by atoms with E-state index in [1.165, 1.54) is 24.3 Å². The number of nitrogens with one attached hydrogen (secondary N) is 2. The van der Waals surface area contributed by atoms with Gasteiger partial charge in [0.1, 0.15) is 0 Å². The number of rotatable bonds is 4. The first kappa shape index (κ1) is 15.3. The van der Waals surface area contributed by atoms with Crippen molar-refractivity contribution in [2.24, 2.45) is 10.9 Å². The van der Waals surface area contributed by atoms with Crippen molar-refractivity contribution in [1.82, 2.24) is 10.6 Å². The predicted octanol–water partition coefficient (Wildman–Crippen LogP) is 2.22. The molecule has 0 bridgehead atoms. The lowest BCUT2D eigenvalue weighted by Crippen LogP contribution is -2.40. The SMILES string of the molecule is CN=C(NCc1ccc2c(c1)OCO2)NCC1CCSCC1. The van der Waals surface area contributed by atoms with E-state index in [4.69, 9.17) is 9.47 Å². The summed E-state index contributed by atoms with van der Waals surface area (Å²) >= 11 is 2.06. The Morgan fingerprint density at radius 2 is 2.05 bits per heavy atom. The molecule has 0 amide bonds. The van der Waals surface area contributed by atoms with Gasteiger partial charge in [-0.2, -0.15) is 11.8 Å². The molecule has 1 aromatic carbocycles. The summed E-state index contributed by atoms with van der Waals surface area (Å²) in [6.45, 7) is 2.04. The van der Waals surface area contributed by atoms with E-state index in [1.54, 1.807) is 0 Å². The van der Waals surface area contributed by atoms with E-state index >= 15 is 0 Å². The van der Waals surface area contributed by atoms with Crippen LogP contribution in [0, 0.1) is 5.92 Å². The largest absolute Gasteiger partial charge is 0.454 e. The van der Waals surface area contributed by atoms with Crippen LogP contribution in [0.25, 0.3) is 0 Å². The molecule has 2 aliphatic heterocycles. The van der Waals surface area contributed by atoms with Crippen molar-refractivity contribution in [2.75, 3.05) is 31.9 Å². The van der Waals surface area contributed by atoms with Gasteiger partial charge in [0.05, 0.1) is 0 Å². The maximum absolute atomic E-state index is 5.40. The normalized spacial score (nSPS) is 18.3. The molecule has 120 valence electrons. The zero-order valence-corrected chi connectivity index (χ0v) is 13.7. The van der Waals surface area contributed by atoms with Gasteiger partial charge in [0.15, 0.2) is 17.5 Å². The van der Waals surface area contributed by atoms with Crippen LogP contribution in [0.15, 0.2) is 23.2 Å². The van der Waals surface area contributed by atoms with Crippen LogP contribution in [0.1, 0.15) is 18.4 Å². The second-order valence-corrected chi connectivity index (χ2v) is 6.77. The summed E-state index contributed by atoms with van der Waals surface area (Å²) in [7, 11) is 1.81. The van der Waals surface area contributed by atoms with Crippen molar-refractivity contribution in [2.45, 2.75) is 19.4 Å². The van der Waals surface area contributed by atoms with E-state index in [0.29, 0.717) is 6.79 Å². The van der Waals surface area contributed by atoms with Gasteiger partial charge in [-0.25, -0.2) is 0 Å². The quantitative estimate of drug-likeness (QED) is 0.658. The highest BCUT2D eigenvalue weighted by Crippen LogP contribution is 2.32. The molecular formula is C16H23N3O2S. The molecule has 0 spiro atoms. The number of ether oxygens (including phenoxy) is 2. The Bertz CT molecular complexity index is 530. The highest BCUT2D eigenvalue weighted by atomic mass is 32.2. The zero-order valence-electron chi connectivity index (χ0n) is 12.9. The molecule has 3 rings (SSSR count). The lowest BCUT2D eigenvalue weighted by Gasteiger charge is -2.22. The van der Waals surface area contributed by atoms with Crippen molar-refractivity contribution in [3.63, 3.8) is 0 Å². The van der Waals surface area contributed by atoms with Crippen LogP contribution >= 0.6 is 11.8 Å². The van der Waals surface area contributed by atoms with E-state index in [9.17, 15) is 0 Å². The highest BCUT2D eigenvalue weighted by Gasteiger charge is 2.15. The summed E-state index contributed by atoms with van der Waals surface area (Å²) in [5.74, 6) is 5.84. The number of fused-ring (bicyclic) bond motifs is 1. The first-order valence-electron chi connectivity index (χ1n) is 7.76. The topological polar surface area (TPSA) is 54.9 Å². The number of thioether (sulfide) groups is 1. The molecule has 5 nitrogen and oxygen atoms in total. The molecule has 0 radical (unpaired) electrons. The molecule has 0 atom stereocenters. The smallest absolute Gasteiger partial charge is 0.231 e. The summed E-state index contributed by atoms with van der Waals surface area (Å²) in [5.41, 5.74) is 1.15. The van der Waals surface area contributed by atoms with Crippen molar-refractivity contribution in [3.8, 4) is 11.5 Å². The van der Waals surface area contributed by atoms with E-state index in [1.807, 2.05) is 25.2 Å². The molecule has 2 heterocycles. The van der Waals surface area contributed by atoms with Crippen molar-refractivity contribution < 1.29 is 9.47 Å². The van der Waals surface area contributed by atoms with Crippen molar-refractivity contribution >= 4 is 17.7 Å². The number of hydrogen-bond donors (Lipinski definition) is 2. The molecule has 0 aliphatic carbocycles. The van der Waals surface area contributed by atoms with Crippen LogP contribution < -0.4 is 20.1 Å². The van der Waals surface area contributed by atoms with Crippen LogP contribution in [0.3, 0.4) is 0 Å². The minimum absolute atomic E-state index is 0.315. The van der Waals surface area contributed by atoms with E-state index < -0.39 is 0 Å². The number of aliphatic imine (C=N–C) groups is 1. The Balaban J connectivity index is 1.46. The number of benzene rings is 1. The molecule has 2 aliphatic rings. The fraction of sp³-hybridized carbons (Fsp3) is 0.562. The van der Waals surface area contributed by atoms with Crippen molar-refractivity contribution in [1.29, 1.82) is 0 Å². The first-order chi connectivity index (χ1) is 10.8. The molecule has 1 saturated heterocycles. The maximum atomic E-state index is 5.40. The maximum Gasteiger partial charge on any atom is 0.231 e. The molecule has 1 aromatic rings. The third kappa shape index (κ3) is 4.00. The standard InChI is InChI=1S/C16H23N3O2S/c1-17-16(18-9-12-4-6-22-7-5-12)19-10-13-2-3-14-15(8-13)21-11-20-14/h2-3,8,12H,4-7,9-11H2,1H3,(H2,17,18,19). The molecule has 2 N–H and O–H groups in total. The second kappa shape index (κ2) is 7.63. The lowest BCUT2D eigenvalue weighted by atomic mass is 10.0. The second-order valence-electron chi connectivity index (χ2n) is 5.55. The van der Waals surface area contributed by atoms with Gasteiger partial charge < -0.3 is 20.1 Å². The third-order valence-corrected chi connectivity index (χ3v) is 5.07. The third-order valence-electron chi connectivity index (χ3n) is 4.02. The van der Waals surface area contributed by atoms with Gasteiger partial charge >= 0.3 is 0 Å². The number of hydrogen-bond acceptors (Lipinski definition) is 4. The first-order valence-corrected chi connectivity index (χ1v) is 8.91. The van der Waals surface area contributed by atoms with Crippen LogP contribution in [0.4, 0.5) is 0 Å². The summed E-state index contributed by atoms with van der Waals surface area (Å²) in [5, 5.41) is 6.79. The van der Waals surface area contributed by atoms with Crippen molar-refractivity contribution in [3.05, 3.63) is 23.8 Å². The molecular weight excluding hydrogens is 298 g/mol. The van der Waals surface area contributed by atoms with Gasteiger partial charge in [-0.1, -0.05) is 6.07 Å². The van der Waals surface area contributed by atoms with Gasteiger partial charge in [-0.05, 0) is 48.0 Å².